The van der Waals surface area contributed by atoms with Gasteiger partial charge in [-0.05, 0) is 96.3 Å². The maximum absolute atomic E-state index is 12.6. The number of allylic oxidation sites excluding steroid dienone is 13. The topological polar surface area (TPSA) is 175 Å². The third-order valence-corrected chi connectivity index (χ3v) is 9.94. The van der Waals surface area contributed by atoms with Crippen LogP contribution in [0.5, 0.6) is 0 Å². The fourth-order valence-electron chi connectivity index (χ4n) is 5.48. The Bertz CT molecular complexity index is 1280. The molecular weight excluding hydrogens is 769 g/mol. The third kappa shape index (κ3) is 40.3. The van der Waals surface area contributed by atoms with Crippen LogP contribution in [0.2, 0.25) is 0 Å². The summed E-state index contributed by atoms with van der Waals surface area (Å²) >= 11 is 0. The van der Waals surface area contributed by atoms with Gasteiger partial charge in [0.2, 0.25) is 0 Å². The van der Waals surface area contributed by atoms with Gasteiger partial charge in [-0.3, -0.25) is 18.6 Å². The Morgan fingerprint density at radius 2 is 1.05 bits per heavy atom. The van der Waals surface area contributed by atoms with Crippen LogP contribution in [0.3, 0.4) is 0 Å². The highest BCUT2D eigenvalue weighted by Gasteiger charge is 2.26. The van der Waals surface area contributed by atoms with Gasteiger partial charge in [0.1, 0.15) is 6.61 Å². The molecule has 0 aromatic heterocycles. The van der Waals surface area contributed by atoms with Crippen LogP contribution in [0.15, 0.2) is 85.1 Å². The van der Waals surface area contributed by atoms with Crippen molar-refractivity contribution in [1.82, 2.24) is 0 Å². The molecule has 0 saturated carbocycles. The second-order valence-electron chi connectivity index (χ2n) is 14.5. The van der Waals surface area contributed by atoms with Crippen molar-refractivity contribution in [3.05, 3.63) is 85.1 Å². The van der Waals surface area contributed by atoms with Gasteiger partial charge < -0.3 is 30.3 Å². The molecule has 5 N–H and O–H groups in total. The summed E-state index contributed by atoms with van der Waals surface area (Å²) in [4.78, 5) is 34.9. The van der Waals surface area contributed by atoms with Crippen molar-refractivity contribution in [3.8, 4) is 0 Å². The summed E-state index contributed by atoms with van der Waals surface area (Å²) in [5, 5.41) is 20.7. The molecule has 0 heterocycles. The summed E-state index contributed by atoms with van der Waals surface area (Å²) in [5.41, 5.74) is 5.33. The first kappa shape index (κ1) is 56.1. The number of rotatable bonds is 40. The van der Waals surface area contributed by atoms with E-state index < -0.39 is 44.7 Å². The summed E-state index contributed by atoms with van der Waals surface area (Å²) in [5.74, 6) is -1.16. The number of aliphatic hydroxyl groups is 2. The molecule has 11 nitrogen and oxygen atoms in total. The van der Waals surface area contributed by atoms with Crippen molar-refractivity contribution in [1.29, 1.82) is 0 Å². The fourth-order valence-corrected chi connectivity index (χ4v) is 6.25. The number of carbonyl (C=O) groups excluding carboxylic acids is 2. The van der Waals surface area contributed by atoms with Crippen LogP contribution in [0, 0.1) is 0 Å². The van der Waals surface area contributed by atoms with Gasteiger partial charge in [0, 0.05) is 19.4 Å². The molecule has 0 amide bonds. The predicted octanol–water partition coefficient (Wildman–Crippen LogP) is 10.8. The fraction of sp³-hybridized carbons (Fsp3) is 0.660. The van der Waals surface area contributed by atoms with Crippen molar-refractivity contribution in [3.63, 3.8) is 0 Å². The normalized spacial score (nSPS) is 15.2. The van der Waals surface area contributed by atoms with Gasteiger partial charge in [-0.25, -0.2) is 4.57 Å². The van der Waals surface area contributed by atoms with Crippen molar-refractivity contribution < 1.29 is 47.8 Å². The number of phosphoric ester groups is 1. The largest absolute Gasteiger partial charge is 0.472 e. The molecule has 0 spiro atoms. The zero-order chi connectivity index (χ0) is 43.5. The van der Waals surface area contributed by atoms with Gasteiger partial charge >= 0.3 is 19.8 Å². The molecule has 0 aliphatic rings. The highest BCUT2D eigenvalue weighted by atomic mass is 31.2. The molecule has 4 atom stereocenters. The van der Waals surface area contributed by atoms with Crippen molar-refractivity contribution in [2.45, 2.75) is 173 Å². The van der Waals surface area contributed by atoms with Crippen LogP contribution >= 0.6 is 7.82 Å². The summed E-state index contributed by atoms with van der Waals surface area (Å²) in [7, 11) is -4.47. The highest BCUT2D eigenvalue weighted by molar-refractivity contribution is 7.47. The Kier molecular flexibility index (Phi) is 39.8. The van der Waals surface area contributed by atoms with Crippen LogP contribution < -0.4 is 5.73 Å². The third-order valence-electron chi connectivity index (χ3n) is 8.95. The minimum Gasteiger partial charge on any atom is -0.462 e. The van der Waals surface area contributed by atoms with E-state index in [9.17, 15) is 29.3 Å². The minimum atomic E-state index is -4.47. The quantitative estimate of drug-likeness (QED) is 0.0200. The lowest BCUT2D eigenvalue weighted by Crippen LogP contribution is -2.30. The van der Waals surface area contributed by atoms with E-state index in [0.29, 0.717) is 6.42 Å². The van der Waals surface area contributed by atoms with E-state index in [0.717, 1.165) is 57.8 Å². The molecule has 0 fully saturated rings. The van der Waals surface area contributed by atoms with Gasteiger partial charge in [-0.1, -0.05) is 131 Å². The first-order valence-electron chi connectivity index (χ1n) is 22.2. The Morgan fingerprint density at radius 3 is 1.56 bits per heavy atom. The van der Waals surface area contributed by atoms with Crippen molar-refractivity contribution in [2.24, 2.45) is 5.73 Å². The summed E-state index contributed by atoms with van der Waals surface area (Å²) < 4.78 is 32.6. The first-order valence-corrected chi connectivity index (χ1v) is 23.7. The predicted molar refractivity (Wildman–Crippen MR) is 241 cm³/mol. The lowest BCUT2D eigenvalue weighted by molar-refractivity contribution is -0.161. The first-order chi connectivity index (χ1) is 28.6. The maximum atomic E-state index is 12.6. The average molecular weight is 850 g/mol. The zero-order valence-electron chi connectivity index (χ0n) is 36.4. The number of aliphatic hydroxyl groups excluding tert-OH is 2. The molecule has 0 rings (SSSR count). The molecule has 0 aromatic rings. The second kappa shape index (κ2) is 41.8. The smallest absolute Gasteiger partial charge is 0.462 e. The number of nitrogens with two attached hydrogens (primary N) is 1. The van der Waals surface area contributed by atoms with E-state index in [2.05, 4.69) is 86.8 Å². The van der Waals surface area contributed by atoms with E-state index in [4.69, 9.17) is 24.3 Å². The Labute approximate surface area is 357 Å². The standard InChI is InChI=1S/C47H80NO10P/c1-3-5-7-9-11-13-15-17-18-19-20-21-22-23-25-27-29-31-33-37-46(51)55-41-43(42-57-59(53,54)56-40-39-48)58-47(52)38-34-36-45(50)44(49)35-32-30-28-26-24-16-14-12-10-8-6-4-2/h11-14,17-18,20-21,23-26,30,32,43-45,49-50H,3-10,15-16,19,22,27-29,31,33-42,48H2,1-2H3,(H,53,54)/b13-11-,14-12-,18-17-,21-20-,25-23-,26-24-,32-30-/t43-,44?,45?/m1/s1. The Morgan fingerprint density at radius 1 is 0.576 bits per heavy atom. The van der Waals surface area contributed by atoms with E-state index in [1.807, 2.05) is 12.2 Å². The molecule has 0 saturated heterocycles. The van der Waals surface area contributed by atoms with E-state index >= 15 is 0 Å². The number of hydrogen-bond acceptors (Lipinski definition) is 10. The number of carbonyl (C=O) groups is 2. The Hall–Kier alpha value is -2.89. The highest BCUT2D eigenvalue weighted by Crippen LogP contribution is 2.43. The molecule has 3 unspecified atom stereocenters. The van der Waals surface area contributed by atoms with E-state index in [1.165, 1.54) is 44.9 Å². The Balaban J connectivity index is 4.46. The van der Waals surface area contributed by atoms with Gasteiger partial charge in [0.25, 0.3) is 0 Å². The minimum absolute atomic E-state index is 0.000952. The molecular formula is C47H80NO10P. The van der Waals surface area contributed by atoms with Crippen LogP contribution in [0.25, 0.3) is 0 Å². The summed E-state index contributed by atoms with van der Waals surface area (Å²) in [6, 6.07) is 0. The zero-order valence-corrected chi connectivity index (χ0v) is 37.3. The van der Waals surface area contributed by atoms with Gasteiger partial charge in [-0.15, -0.1) is 0 Å². The van der Waals surface area contributed by atoms with E-state index in [-0.39, 0.29) is 51.9 Å². The second-order valence-corrected chi connectivity index (χ2v) is 16.0. The van der Waals surface area contributed by atoms with Crippen LogP contribution in [0.4, 0.5) is 0 Å². The summed E-state index contributed by atoms with van der Waals surface area (Å²) in [6.45, 7) is 3.28. The van der Waals surface area contributed by atoms with Gasteiger partial charge in [0.05, 0.1) is 25.4 Å². The van der Waals surface area contributed by atoms with Crippen molar-refractivity contribution in [2.75, 3.05) is 26.4 Å². The molecule has 0 aliphatic heterocycles. The van der Waals surface area contributed by atoms with Crippen molar-refractivity contribution >= 4 is 19.8 Å². The van der Waals surface area contributed by atoms with Gasteiger partial charge in [0.15, 0.2) is 6.10 Å². The SMILES string of the molecule is CCCCC/C=C\C/C=C\C/C=C\C/C=C\CCCCCC(=O)OC[C@H](COP(=O)(O)OCCN)OC(=O)CCCC(O)C(O)C/C=C\C/C=C\C/C=C\CCCCC. The summed E-state index contributed by atoms with van der Waals surface area (Å²) in [6.07, 6.45) is 45.0. The molecule has 0 aromatic carbocycles. The molecule has 59 heavy (non-hydrogen) atoms. The van der Waals surface area contributed by atoms with Crippen LogP contribution in [0.1, 0.15) is 155 Å². The maximum Gasteiger partial charge on any atom is 0.472 e. The molecule has 0 radical (unpaired) electrons. The molecule has 0 bridgehead atoms. The number of ether oxygens (including phenoxy) is 2. The lowest BCUT2D eigenvalue weighted by atomic mass is 10.0. The average Bonchev–Trinajstić information content (AvgIpc) is 3.22. The molecule has 0 aliphatic carbocycles. The molecule has 12 heteroatoms. The number of hydrogen-bond donors (Lipinski definition) is 4. The number of esters is 2. The number of unbranched alkanes of at least 4 members (excludes halogenated alkanes) is 9. The van der Waals surface area contributed by atoms with Gasteiger partial charge in [-0.2, -0.15) is 0 Å². The lowest BCUT2D eigenvalue weighted by Gasteiger charge is -2.20. The van der Waals surface area contributed by atoms with Crippen LogP contribution in [-0.2, 0) is 32.7 Å². The monoisotopic (exact) mass is 850 g/mol. The number of phosphoric acid groups is 1. The van der Waals surface area contributed by atoms with Crippen LogP contribution in [-0.4, -0.2) is 71.7 Å². The van der Waals surface area contributed by atoms with E-state index in [1.54, 1.807) is 0 Å². The molecule has 338 valence electrons.